The molecule has 2 aromatic rings. The predicted molar refractivity (Wildman–Crippen MR) is 111 cm³/mol. The Morgan fingerprint density at radius 1 is 1.23 bits per heavy atom. The van der Waals surface area contributed by atoms with E-state index in [9.17, 15) is 18.0 Å². The second-order valence-electron chi connectivity index (χ2n) is 7.06. The van der Waals surface area contributed by atoms with Crippen molar-refractivity contribution in [2.45, 2.75) is 24.3 Å². The number of anilines is 1. The average molecular weight is 426 g/mol. The molecule has 156 valence electrons. The van der Waals surface area contributed by atoms with Crippen LogP contribution in [0.15, 0.2) is 53.4 Å². The first-order valence-corrected chi connectivity index (χ1v) is 10.9. The summed E-state index contributed by atoms with van der Waals surface area (Å²) in [5.74, 6) is -0.358. The van der Waals surface area contributed by atoms with E-state index >= 15 is 0 Å². The minimum Gasteiger partial charge on any atom is -0.338 e. The van der Waals surface area contributed by atoms with E-state index in [1.54, 1.807) is 23.1 Å². The molecule has 0 spiro atoms. The Kier molecular flexibility index (Phi) is 6.50. The Morgan fingerprint density at radius 3 is 2.60 bits per heavy atom. The van der Waals surface area contributed by atoms with Crippen molar-refractivity contribution in [3.8, 4) is 6.07 Å². The molecule has 1 heterocycles. The predicted octanol–water partition coefficient (Wildman–Crippen LogP) is 1.94. The van der Waals surface area contributed by atoms with Crippen LogP contribution in [0, 0.1) is 11.3 Å². The summed E-state index contributed by atoms with van der Waals surface area (Å²) < 4.78 is 26.2. The number of hydrogen-bond acceptors (Lipinski definition) is 5. The van der Waals surface area contributed by atoms with Gasteiger partial charge in [-0.15, -0.1) is 0 Å². The monoisotopic (exact) mass is 426 g/mol. The topological polar surface area (TPSA) is 111 Å². The standard InChI is InChI=1S/C21H22N4O4S/c1-24(30(28,29)19-9-7-16(13-22)8-10-19)15-20(26)23-18-5-2-4-17(12-18)14-25-11-3-6-21(25)27/h2,4-5,7-10,12H,3,6,11,14-15H2,1H3,(H,23,26). The minimum atomic E-state index is -3.86. The lowest BCUT2D eigenvalue weighted by molar-refractivity contribution is -0.128. The Morgan fingerprint density at radius 2 is 1.97 bits per heavy atom. The van der Waals surface area contributed by atoms with Gasteiger partial charge in [-0.2, -0.15) is 9.57 Å². The van der Waals surface area contributed by atoms with E-state index in [1.807, 2.05) is 12.1 Å². The molecule has 1 fully saturated rings. The Balaban J connectivity index is 1.62. The van der Waals surface area contributed by atoms with Gasteiger partial charge in [0.2, 0.25) is 21.8 Å². The molecule has 0 radical (unpaired) electrons. The summed E-state index contributed by atoms with van der Waals surface area (Å²) in [5, 5.41) is 11.5. The van der Waals surface area contributed by atoms with Crippen molar-refractivity contribution < 1.29 is 18.0 Å². The van der Waals surface area contributed by atoms with Crippen molar-refractivity contribution >= 4 is 27.5 Å². The van der Waals surface area contributed by atoms with Gasteiger partial charge in [0.1, 0.15) is 0 Å². The van der Waals surface area contributed by atoms with E-state index in [0.29, 0.717) is 24.2 Å². The molecule has 2 amide bonds. The van der Waals surface area contributed by atoms with E-state index in [2.05, 4.69) is 5.32 Å². The van der Waals surface area contributed by atoms with Crippen LogP contribution >= 0.6 is 0 Å². The number of nitrogens with one attached hydrogen (secondary N) is 1. The molecule has 0 aliphatic carbocycles. The van der Waals surface area contributed by atoms with Gasteiger partial charge in [-0.25, -0.2) is 8.42 Å². The van der Waals surface area contributed by atoms with Crippen LogP contribution < -0.4 is 5.32 Å². The maximum atomic E-state index is 12.6. The van der Waals surface area contributed by atoms with Gasteiger partial charge in [0, 0.05) is 32.2 Å². The molecule has 0 unspecified atom stereocenters. The fourth-order valence-electron chi connectivity index (χ4n) is 3.21. The quantitative estimate of drug-likeness (QED) is 0.727. The third-order valence-corrected chi connectivity index (χ3v) is 6.63. The molecule has 3 rings (SSSR count). The average Bonchev–Trinajstić information content (AvgIpc) is 3.12. The summed E-state index contributed by atoms with van der Waals surface area (Å²) >= 11 is 0. The molecule has 0 bridgehead atoms. The number of nitrogens with zero attached hydrogens (tertiary/aromatic N) is 3. The largest absolute Gasteiger partial charge is 0.338 e. The zero-order valence-corrected chi connectivity index (χ0v) is 17.4. The Labute approximate surface area is 175 Å². The van der Waals surface area contributed by atoms with Gasteiger partial charge in [-0.05, 0) is 48.4 Å². The molecular weight excluding hydrogens is 404 g/mol. The number of carbonyl (C=O) groups is 2. The van der Waals surface area contributed by atoms with Crippen LogP contribution in [0.2, 0.25) is 0 Å². The van der Waals surface area contributed by atoms with E-state index in [-0.39, 0.29) is 17.3 Å². The first-order valence-electron chi connectivity index (χ1n) is 9.42. The molecule has 1 aliphatic rings. The molecular formula is C21H22N4O4S. The summed E-state index contributed by atoms with van der Waals surface area (Å²) in [7, 11) is -2.54. The highest BCUT2D eigenvalue weighted by molar-refractivity contribution is 7.89. The third kappa shape index (κ3) is 5.03. The van der Waals surface area contributed by atoms with Gasteiger partial charge in [-0.3, -0.25) is 9.59 Å². The summed E-state index contributed by atoms with van der Waals surface area (Å²) in [6, 6.07) is 14.6. The molecule has 30 heavy (non-hydrogen) atoms. The van der Waals surface area contributed by atoms with Gasteiger partial charge < -0.3 is 10.2 Å². The van der Waals surface area contributed by atoms with E-state index in [0.717, 1.165) is 22.8 Å². The third-order valence-electron chi connectivity index (χ3n) is 4.81. The van der Waals surface area contributed by atoms with E-state index in [4.69, 9.17) is 5.26 Å². The molecule has 8 nitrogen and oxygen atoms in total. The van der Waals surface area contributed by atoms with Crippen molar-refractivity contribution in [2.24, 2.45) is 0 Å². The summed E-state index contributed by atoms with van der Waals surface area (Å²) in [5.41, 5.74) is 1.78. The van der Waals surface area contributed by atoms with Gasteiger partial charge in [0.15, 0.2) is 0 Å². The highest BCUT2D eigenvalue weighted by Crippen LogP contribution is 2.18. The molecule has 9 heteroatoms. The molecule has 0 aromatic heterocycles. The van der Waals surface area contributed by atoms with Gasteiger partial charge in [0.05, 0.1) is 23.1 Å². The van der Waals surface area contributed by atoms with Crippen molar-refractivity contribution in [1.82, 2.24) is 9.21 Å². The van der Waals surface area contributed by atoms with Crippen molar-refractivity contribution in [3.05, 3.63) is 59.7 Å². The number of benzene rings is 2. The Bertz CT molecular complexity index is 1090. The molecule has 0 saturated carbocycles. The molecule has 1 saturated heterocycles. The zero-order chi connectivity index (χ0) is 21.7. The number of hydrogen-bond donors (Lipinski definition) is 1. The summed E-state index contributed by atoms with van der Waals surface area (Å²) in [4.78, 5) is 26.0. The fraction of sp³-hybridized carbons (Fsp3) is 0.286. The fourth-order valence-corrected chi connectivity index (χ4v) is 4.34. The Hall–Kier alpha value is -3.22. The van der Waals surface area contributed by atoms with Crippen molar-refractivity contribution in [2.75, 3.05) is 25.5 Å². The zero-order valence-electron chi connectivity index (χ0n) is 16.5. The van der Waals surface area contributed by atoms with Gasteiger partial charge >= 0.3 is 0 Å². The van der Waals surface area contributed by atoms with Crippen LogP contribution in [-0.2, 0) is 26.2 Å². The number of sulfonamides is 1. The molecule has 1 aliphatic heterocycles. The second-order valence-corrected chi connectivity index (χ2v) is 9.11. The molecule has 2 aromatic carbocycles. The number of likely N-dealkylation sites (tertiary alicyclic amines) is 1. The second kappa shape index (κ2) is 9.07. The first kappa shape index (κ1) is 21.5. The normalized spacial score (nSPS) is 14.0. The van der Waals surface area contributed by atoms with Crippen LogP contribution in [0.3, 0.4) is 0 Å². The number of amides is 2. The molecule has 0 atom stereocenters. The highest BCUT2D eigenvalue weighted by atomic mass is 32.2. The number of carbonyl (C=O) groups excluding carboxylic acids is 2. The van der Waals surface area contributed by atoms with Crippen molar-refractivity contribution in [3.63, 3.8) is 0 Å². The van der Waals surface area contributed by atoms with Crippen LogP contribution in [0.4, 0.5) is 5.69 Å². The summed E-state index contributed by atoms with van der Waals surface area (Å²) in [6.07, 6.45) is 1.42. The summed E-state index contributed by atoms with van der Waals surface area (Å²) in [6.45, 7) is 0.847. The van der Waals surface area contributed by atoms with Crippen LogP contribution in [-0.4, -0.2) is 49.6 Å². The number of nitriles is 1. The van der Waals surface area contributed by atoms with E-state index < -0.39 is 15.9 Å². The SMILES string of the molecule is CN(CC(=O)Nc1cccc(CN2CCCC2=O)c1)S(=O)(=O)c1ccc(C#N)cc1. The maximum Gasteiger partial charge on any atom is 0.243 e. The van der Waals surface area contributed by atoms with Gasteiger partial charge in [-0.1, -0.05) is 12.1 Å². The highest BCUT2D eigenvalue weighted by Gasteiger charge is 2.23. The number of likely N-dealkylation sites (N-methyl/N-ethyl adjacent to an activating group) is 1. The lowest BCUT2D eigenvalue weighted by Crippen LogP contribution is -2.35. The number of rotatable bonds is 7. The van der Waals surface area contributed by atoms with E-state index in [1.165, 1.54) is 31.3 Å². The van der Waals surface area contributed by atoms with Crippen molar-refractivity contribution in [1.29, 1.82) is 5.26 Å². The minimum absolute atomic E-state index is 0.00841. The van der Waals surface area contributed by atoms with Gasteiger partial charge in [0.25, 0.3) is 0 Å². The maximum absolute atomic E-state index is 12.6. The first-order chi connectivity index (χ1) is 14.3. The lowest BCUT2D eigenvalue weighted by atomic mass is 10.2. The van der Waals surface area contributed by atoms with Crippen LogP contribution in [0.25, 0.3) is 0 Å². The smallest absolute Gasteiger partial charge is 0.243 e. The molecule has 1 N–H and O–H groups in total. The van der Waals surface area contributed by atoms with Crippen LogP contribution in [0.1, 0.15) is 24.0 Å². The van der Waals surface area contributed by atoms with Crippen LogP contribution in [0.5, 0.6) is 0 Å². The lowest BCUT2D eigenvalue weighted by Gasteiger charge is -2.18.